The van der Waals surface area contributed by atoms with Crippen molar-refractivity contribution in [3.63, 3.8) is 0 Å². The Morgan fingerprint density at radius 2 is 2.25 bits per heavy atom. The second-order valence-electron chi connectivity index (χ2n) is 5.11. The molecule has 0 saturated carbocycles. The molecule has 0 radical (unpaired) electrons. The Hall–Kier alpha value is -1.73. The highest BCUT2D eigenvalue weighted by atomic mass is 16.3. The van der Waals surface area contributed by atoms with Gasteiger partial charge in [-0.3, -0.25) is 9.69 Å². The Morgan fingerprint density at radius 3 is 2.90 bits per heavy atom. The normalized spacial score (nSPS) is 16.4. The fraction of sp³-hybridized carbons (Fsp3) is 0.562. The standard InChI is InChI=1S/C16H22N2O2/c1-2-3-4-9-18-10-7-14(8-11-18)13-17-16(19)15-6-5-12-20-15/h5-6,12,14H,2,7-11,13H2,1H3,(H,17,19). The number of hydrogen-bond donors (Lipinski definition) is 1. The molecule has 0 unspecified atom stereocenters. The Labute approximate surface area is 120 Å². The predicted molar refractivity (Wildman–Crippen MR) is 78.3 cm³/mol. The monoisotopic (exact) mass is 274 g/mol. The zero-order valence-corrected chi connectivity index (χ0v) is 12.0. The SMILES string of the molecule is CCC#CCN1CCC(CNC(=O)c2ccco2)CC1. The van der Waals surface area contributed by atoms with Crippen molar-refractivity contribution in [3.8, 4) is 11.8 Å². The molecule has 1 aliphatic heterocycles. The van der Waals surface area contributed by atoms with Crippen LogP contribution in [0.3, 0.4) is 0 Å². The van der Waals surface area contributed by atoms with Crippen molar-refractivity contribution in [1.29, 1.82) is 0 Å². The maximum Gasteiger partial charge on any atom is 0.286 e. The zero-order valence-electron chi connectivity index (χ0n) is 12.0. The Balaban J connectivity index is 1.66. The number of nitrogens with zero attached hydrogens (tertiary/aromatic N) is 1. The highest BCUT2D eigenvalue weighted by Gasteiger charge is 2.19. The summed E-state index contributed by atoms with van der Waals surface area (Å²) in [6, 6.07) is 3.41. The van der Waals surface area contributed by atoms with Crippen molar-refractivity contribution >= 4 is 5.91 Å². The molecule has 2 rings (SSSR count). The van der Waals surface area contributed by atoms with Gasteiger partial charge in [-0.05, 0) is 44.0 Å². The van der Waals surface area contributed by atoms with Crippen molar-refractivity contribution in [2.45, 2.75) is 26.2 Å². The first-order valence-corrected chi connectivity index (χ1v) is 7.29. The van der Waals surface area contributed by atoms with Crippen LogP contribution in [-0.2, 0) is 0 Å². The summed E-state index contributed by atoms with van der Waals surface area (Å²) >= 11 is 0. The van der Waals surface area contributed by atoms with E-state index >= 15 is 0 Å². The topological polar surface area (TPSA) is 45.5 Å². The minimum atomic E-state index is -0.119. The van der Waals surface area contributed by atoms with Gasteiger partial charge in [0.15, 0.2) is 5.76 Å². The van der Waals surface area contributed by atoms with Crippen LogP contribution in [0, 0.1) is 17.8 Å². The predicted octanol–water partition coefficient (Wildman–Crippen LogP) is 2.13. The molecule has 4 heteroatoms. The van der Waals surface area contributed by atoms with Gasteiger partial charge in [-0.1, -0.05) is 12.8 Å². The smallest absolute Gasteiger partial charge is 0.286 e. The van der Waals surface area contributed by atoms with Crippen LogP contribution in [0.1, 0.15) is 36.7 Å². The van der Waals surface area contributed by atoms with Gasteiger partial charge in [-0.15, -0.1) is 5.92 Å². The second kappa shape index (κ2) is 7.76. The number of nitrogens with one attached hydrogen (secondary N) is 1. The minimum Gasteiger partial charge on any atom is -0.459 e. The fourth-order valence-electron chi connectivity index (χ4n) is 2.37. The number of carbonyl (C=O) groups is 1. The van der Waals surface area contributed by atoms with E-state index in [1.807, 2.05) is 0 Å². The molecular formula is C16H22N2O2. The molecule has 0 aromatic carbocycles. The molecule has 108 valence electrons. The van der Waals surface area contributed by atoms with E-state index in [0.717, 1.165) is 45.4 Å². The summed E-state index contributed by atoms with van der Waals surface area (Å²) in [5, 5.41) is 2.94. The first kappa shape index (κ1) is 14.7. The summed E-state index contributed by atoms with van der Waals surface area (Å²) in [6.45, 7) is 5.81. The maximum atomic E-state index is 11.8. The Kier molecular flexibility index (Phi) is 5.69. The molecule has 1 aromatic rings. The van der Waals surface area contributed by atoms with Gasteiger partial charge >= 0.3 is 0 Å². The number of piperidine rings is 1. The molecule has 1 aliphatic rings. The average molecular weight is 274 g/mol. The lowest BCUT2D eigenvalue weighted by Gasteiger charge is -2.30. The van der Waals surface area contributed by atoms with Gasteiger partial charge in [0.05, 0.1) is 12.8 Å². The lowest BCUT2D eigenvalue weighted by molar-refractivity contribution is 0.0910. The maximum absolute atomic E-state index is 11.8. The van der Waals surface area contributed by atoms with Crippen LogP contribution in [0.4, 0.5) is 0 Å². The largest absolute Gasteiger partial charge is 0.459 e. The third-order valence-electron chi connectivity index (χ3n) is 3.61. The van der Waals surface area contributed by atoms with E-state index in [2.05, 4.69) is 29.0 Å². The van der Waals surface area contributed by atoms with Crippen LogP contribution in [0.25, 0.3) is 0 Å². The van der Waals surface area contributed by atoms with E-state index in [1.54, 1.807) is 12.1 Å². The van der Waals surface area contributed by atoms with Crippen molar-refractivity contribution in [3.05, 3.63) is 24.2 Å². The van der Waals surface area contributed by atoms with Gasteiger partial charge < -0.3 is 9.73 Å². The van der Waals surface area contributed by atoms with Gasteiger partial charge in [0.2, 0.25) is 0 Å². The van der Waals surface area contributed by atoms with E-state index in [1.165, 1.54) is 6.26 Å². The highest BCUT2D eigenvalue weighted by molar-refractivity contribution is 5.91. The molecule has 2 heterocycles. The minimum absolute atomic E-state index is 0.119. The summed E-state index contributed by atoms with van der Waals surface area (Å²) in [6.07, 6.45) is 4.68. The van der Waals surface area contributed by atoms with Crippen LogP contribution in [-0.4, -0.2) is 37.0 Å². The molecule has 1 aromatic heterocycles. The average Bonchev–Trinajstić information content (AvgIpc) is 3.01. The lowest BCUT2D eigenvalue weighted by atomic mass is 9.97. The summed E-state index contributed by atoms with van der Waals surface area (Å²) < 4.78 is 5.07. The second-order valence-corrected chi connectivity index (χ2v) is 5.11. The third-order valence-corrected chi connectivity index (χ3v) is 3.61. The molecule has 1 fully saturated rings. The molecule has 0 bridgehead atoms. The number of rotatable bonds is 4. The van der Waals surface area contributed by atoms with Crippen molar-refractivity contribution < 1.29 is 9.21 Å². The lowest BCUT2D eigenvalue weighted by Crippen LogP contribution is -2.38. The van der Waals surface area contributed by atoms with E-state index in [4.69, 9.17) is 4.42 Å². The molecule has 4 nitrogen and oxygen atoms in total. The molecule has 0 aliphatic carbocycles. The van der Waals surface area contributed by atoms with Crippen LogP contribution in [0.5, 0.6) is 0 Å². The van der Waals surface area contributed by atoms with Crippen LogP contribution in [0.2, 0.25) is 0 Å². The fourth-order valence-corrected chi connectivity index (χ4v) is 2.37. The molecule has 20 heavy (non-hydrogen) atoms. The number of hydrogen-bond acceptors (Lipinski definition) is 3. The van der Waals surface area contributed by atoms with Crippen molar-refractivity contribution in [1.82, 2.24) is 10.2 Å². The van der Waals surface area contributed by atoms with Crippen molar-refractivity contribution in [2.75, 3.05) is 26.2 Å². The zero-order chi connectivity index (χ0) is 14.2. The van der Waals surface area contributed by atoms with Crippen LogP contribution >= 0.6 is 0 Å². The van der Waals surface area contributed by atoms with Crippen LogP contribution in [0.15, 0.2) is 22.8 Å². The highest BCUT2D eigenvalue weighted by Crippen LogP contribution is 2.16. The van der Waals surface area contributed by atoms with Gasteiger partial charge in [-0.25, -0.2) is 0 Å². The number of amides is 1. The van der Waals surface area contributed by atoms with E-state index in [0.29, 0.717) is 11.7 Å². The van der Waals surface area contributed by atoms with Crippen LogP contribution < -0.4 is 5.32 Å². The summed E-state index contributed by atoms with van der Waals surface area (Å²) in [5.41, 5.74) is 0. The van der Waals surface area contributed by atoms with Gasteiger partial charge in [0.1, 0.15) is 0 Å². The molecule has 0 spiro atoms. The van der Waals surface area contributed by atoms with E-state index in [-0.39, 0.29) is 5.91 Å². The van der Waals surface area contributed by atoms with Gasteiger partial charge in [0.25, 0.3) is 5.91 Å². The van der Waals surface area contributed by atoms with Gasteiger partial charge in [-0.2, -0.15) is 0 Å². The van der Waals surface area contributed by atoms with Crippen molar-refractivity contribution in [2.24, 2.45) is 5.92 Å². The van der Waals surface area contributed by atoms with E-state index < -0.39 is 0 Å². The van der Waals surface area contributed by atoms with Gasteiger partial charge in [0, 0.05) is 13.0 Å². The van der Waals surface area contributed by atoms with E-state index in [9.17, 15) is 4.79 Å². The molecule has 1 N–H and O–H groups in total. The molecule has 0 atom stereocenters. The number of likely N-dealkylation sites (tertiary alicyclic amines) is 1. The number of carbonyl (C=O) groups excluding carboxylic acids is 1. The summed E-state index contributed by atoms with van der Waals surface area (Å²) in [4.78, 5) is 14.1. The quantitative estimate of drug-likeness (QED) is 0.856. The molecule has 1 amide bonds. The summed E-state index contributed by atoms with van der Waals surface area (Å²) in [7, 11) is 0. The Morgan fingerprint density at radius 1 is 1.45 bits per heavy atom. The number of furan rings is 1. The Bertz CT molecular complexity index is 462. The molecular weight excluding hydrogens is 252 g/mol. The first-order valence-electron chi connectivity index (χ1n) is 7.29. The molecule has 1 saturated heterocycles. The summed E-state index contributed by atoms with van der Waals surface area (Å²) in [5.74, 6) is 7.11. The third kappa shape index (κ3) is 4.43. The first-order chi connectivity index (χ1) is 9.79.